The van der Waals surface area contributed by atoms with Crippen LogP contribution in [0.15, 0.2) is 6.07 Å². The molecule has 1 aromatic heterocycles. The Kier molecular flexibility index (Phi) is 7.14. The molecule has 1 saturated heterocycles. The van der Waals surface area contributed by atoms with Crippen LogP contribution >= 0.6 is 11.6 Å². The molecule has 0 spiro atoms. The molecule has 4 aliphatic rings. The highest BCUT2D eigenvalue weighted by Crippen LogP contribution is 2.42. The van der Waals surface area contributed by atoms with Crippen LogP contribution < -0.4 is 10.6 Å². The minimum atomic E-state index is -4.60. The molecule has 42 heavy (non-hydrogen) atoms. The summed E-state index contributed by atoms with van der Waals surface area (Å²) in [6, 6.07) is -0.168. The van der Waals surface area contributed by atoms with Gasteiger partial charge in [0.05, 0.1) is 11.3 Å². The normalized spacial score (nSPS) is 23.7. The number of ether oxygens (including phenoxy) is 1. The molecule has 1 atom stereocenters. The molecule has 4 amide bonds. The number of carbonyl (C=O) groups excluding carboxylic acids is 4. The third-order valence-electron chi connectivity index (χ3n) is 8.34. The van der Waals surface area contributed by atoms with Crippen LogP contribution in [0.2, 0.25) is 5.02 Å². The van der Waals surface area contributed by atoms with E-state index in [1.54, 1.807) is 0 Å². The van der Waals surface area contributed by atoms with Gasteiger partial charge in [-0.2, -0.15) is 13.2 Å². The van der Waals surface area contributed by atoms with Crippen molar-refractivity contribution in [2.24, 2.45) is 0 Å². The molecule has 224 valence electrons. The van der Waals surface area contributed by atoms with Gasteiger partial charge >= 0.3 is 12.3 Å². The predicted molar refractivity (Wildman–Crippen MR) is 137 cm³/mol. The molecule has 2 N–H and O–H groups in total. The highest BCUT2D eigenvalue weighted by atomic mass is 35.5. The number of carbonyl (C=O) groups is 4. The molecule has 15 heteroatoms. The van der Waals surface area contributed by atoms with Crippen LogP contribution in [0.1, 0.15) is 83.3 Å². The smallest absolute Gasteiger partial charge is 0.446 e. The Morgan fingerprint density at radius 2 is 1.90 bits per heavy atom. The fourth-order valence-corrected chi connectivity index (χ4v) is 6.49. The number of hydrogen-bond acceptors (Lipinski definition) is 6. The minimum Gasteiger partial charge on any atom is -0.446 e. The summed E-state index contributed by atoms with van der Waals surface area (Å²) in [5.41, 5.74) is 0.889. The number of aromatic nitrogens is 2. The molecule has 2 aromatic rings. The van der Waals surface area contributed by atoms with Crippen LogP contribution in [0.5, 0.6) is 0 Å². The summed E-state index contributed by atoms with van der Waals surface area (Å²) < 4.78 is 63.0. The Bertz CT molecular complexity index is 1500. The second-order valence-corrected chi connectivity index (χ2v) is 11.4. The summed E-state index contributed by atoms with van der Waals surface area (Å²) >= 11 is 6.34. The lowest BCUT2D eigenvalue weighted by molar-refractivity contribution is -0.149. The van der Waals surface area contributed by atoms with Crippen molar-refractivity contribution in [2.45, 2.75) is 88.8 Å². The van der Waals surface area contributed by atoms with Crippen LogP contribution in [0.3, 0.4) is 0 Å². The second-order valence-electron chi connectivity index (χ2n) is 11.0. The topological polar surface area (TPSA) is 123 Å². The van der Waals surface area contributed by atoms with Crippen LogP contribution in [0.25, 0.3) is 0 Å². The number of benzene rings is 1. The van der Waals surface area contributed by atoms with Gasteiger partial charge in [-0.15, -0.1) is 0 Å². The van der Waals surface area contributed by atoms with Gasteiger partial charge in [0.25, 0.3) is 5.91 Å². The second kappa shape index (κ2) is 10.5. The predicted octanol–water partition coefficient (Wildman–Crippen LogP) is 3.96. The largest absolute Gasteiger partial charge is 0.449 e. The van der Waals surface area contributed by atoms with E-state index in [2.05, 4.69) is 15.6 Å². The van der Waals surface area contributed by atoms with E-state index in [1.807, 2.05) is 0 Å². The van der Waals surface area contributed by atoms with Gasteiger partial charge in [0.2, 0.25) is 17.6 Å². The van der Waals surface area contributed by atoms with E-state index in [4.69, 9.17) is 16.3 Å². The molecule has 1 saturated carbocycles. The third-order valence-corrected chi connectivity index (χ3v) is 8.67. The Balaban J connectivity index is 1.08. The van der Waals surface area contributed by atoms with Gasteiger partial charge in [0.1, 0.15) is 18.0 Å². The number of aryl methyl sites for hydroxylation is 1. The Morgan fingerprint density at radius 3 is 2.62 bits per heavy atom. The summed E-state index contributed by atoms with van der Waals surface area (Å²) in [6.45, 7) is -0.474. The fourth-order valence-electron chi connectivity index (χ4n) is 6.20. The molecular formula is C27H26ClF4N5O5. The SMILES string of the molecule is O=C1CC[C@H](N2Cc3c(Cl)cc(CNC(=O)OC4CC(n5c(C(F)(F)F)nc6c5CCCC6)C4)c(F)c3C2=O)C(=O)N1. The standard InChI is InChI=1S/C27H26ClF4N5O5/c28-16-7-12(22(29)21-15(16)11-36(24(21)40)19-5-6-20(38)35-23(19)39)10-33-26(41)42-14-8-13(9-14)37-18-4-2-1-3-17(18)34-25(37)27(30,31)32/h7,13-14,19H,1-6,8-11H2,(H,33,41)(H,35,38,39)/t13?,14?,19-/m0/s1. The van der Waals surface area contributed by atoms with Crippen molar-refractivity contribution in [1.82, 2.24) is 25.1 Å². The number of amides is 4. The summed E-state index contributed by atoms with van der Waals surface area (Å²) in [7, 11) is 0. The quantitative estimate of drug-likeness (QED) is 0.390. The Labute approximate surface area is 241 Å². The number of halogens is 5. The van der Waals surface area contributed by atoms with Gasteiger partial charge in [-0.3, -0.25) is 19.7 Å². The first-order valence-corrected chi connectivity index (χ1v) is 14.1. The number of nitrogens with zero attached hydrogens (tertiary/aromatic N) is 3. The Hall–Kier alpha value is -3.68. The molecule has 10 nitrogen and oxygen atoms in total. The minimum absolute atomic E-state index is 0.0414. The van der Waals surface area contributed by atoms with Gasteiger partial charge in [0, 0.05) is 60.2 Å². The fraction of sp³-hybridized carbons (Fsp3) is 0.519. The number of piperidine rings is 1. The molecule has 1 aromatic carbocycles. The maximum atomic E-state index is 15.4. The van der Waals surface area contributed by atoms with Gasteiger partial charge in [-0.05, 0) is 38.2 Å². The van der Waals surface area contributed by atoms with E-state index in [-0.39, 0.29) is 60.5 Å². The molecule has 0 unspecified atom stereocenters. The van der Waals surface area contributed by atoms with Gasteiger partial charge in [0.15, 0.2) is 0 Å². The number of hydrogen-bond donors (Lipinski definition) is 2. The third kappa shape index (κ3) is 4.99. The van der Waals surface area contributed by atoms with Crippen molar-refractivity contribution < 1.29 is 41.5 Å². The maximum Gasteiger partial charge on any atom is 0.449 e. The molecular weight excluding hydrogens is 586 g/mol. The molecule has 6 rings (SSSR count). The van der Waals surface area contributed by atoms with E-state index in [0.29, 0.717) is 24.2 Å². The number of fused-ring (bicyclic) bond motifs is 2. The lowest BCUT2D eigenvalue weighted by Crippen LogP contribution is -2.52. The van der Waals surface area contributed by atoms with Crippen molar-refractivity contribution in [3.05, 3.63) is 50.8 Å². The van der Waals surface area contributed by atoms with Gasteiger partial charge < -0.3 is 19.5 Å². The maximum absolute atomic E-state index is 15.4. The number of alkyl carbamates (subject to hydrolysis) is 1. The average molecular weight is 612 g/mol. The van der Waals surface area contributed by atoms with Gasteiger partial charge in [-0.1, -0.05) is 11.6 Å². The average Bonchev–Trinajstić information content (AvgIpc) is 3.46. The number of nitrogens with one attached hydrogen (secondary N) is 2. The van der Waals surface area contributed by atoms with Crippen LogP contribution in [-0.2, 0) is 46.4 Å². The van der Waals surface area contributed by atoms with E-state index >= 15 is 4.39 Å². The zero-order valence-corrected chi connectivity index (χ0v) is 22.9. The molecule has 0 bridgehead atoms. The highest BCUT2D eigenvalue weighted by Gasteiger charge is 2.45. The van der Waals surface area contributed by atoms with Crippen molar-refractivity contribution in [1.29, 1.82) is 0 Å². The van der Waals surface area contributed by atoms with Crippen LogP contribution in [0, 0.1) is 5.82 Å². The first-order valence-electron chi connectivity index (χ1n) is 13.7. The van der Waals surface area contributed by atoms with Gasteiger partial charge in [-0.25, -0.2) is 14.2 Å². The summed E-state index contributed by atoms with van der Waals surface area (Å²) in [5.74, 6) is -3.66. The van der Waals surface area contributed by atoms with Crippen molar-refractivity contribution >= 4 is 35.4 Å². The highest BCUT2D eigenvalue weighted by molar-refractivity contribution is 6.32. The molecule has 2 aliphatic heterocycles. The van der Waals surface area contributed by atoms with E-state index < -0.39 is 59.8 Å². The number of alkyl halides is 3. The van der Waals surface area contributed by atoms with E-state index in [1.165, 1.54) is 15.5 Å². The number of imide groups is 1. The van der Waals surface area contributed by atoms with Crippen molar-refractivity contribution in [3.8, 4) is 0 Å². The summed E-state index contributed by atoms with van der Waals surface area (Å²) in [5, 5.41) is 4.65. The zero-order valence-electron chi connectivity index (χ0n) is 22.2. The molecule has 0 radical (unpaired) electrons. The summed E-state index contributed by atoms with van der Waals surface area (Å²) in [6.07, 6.45) is -3.01. The molecule has 2 aliphatic carbocycles. The number of rotatable bonds is 5. The van der Waals surface area contributed by atoms with Crippen LogP contribution in [-0.4, -0.2) is 50.4 Å². The first-order chi connectivity index (χ1) is 19.9. The number of imidazole rings is 1. The monoisotopic (exact) mass is 611 g/mol. The Morgan fingerprint density at radius 1 is 1.17 bits per heavy atom. The molecule has 2 fully saturated rings. The lowest BCUT2D eigenvalue weighted by atomic mass is 9.88. The van der Waals surface area contributed by atoms with E-state index in [9.17, 15) is 32.3 Å². The summed E-state index contributed by atoms with van der Waals surface area (Å²) in [4.78, 5) is 54.3. The van der Waals surface area contributed by atoms with E-state index in [0.717, 1.165) is 12.8 Å². The van der Waals surface area contributed by atoms with Crippen molar-refractivity contribution in [2.75, 3.05) is 0 Å². The lowest BCUT2D eigenvalue weighted by Gasteiger charge is -2.37. The van der Waals surface area contributed by atoms with Crippen molar-refractivity contribution in [3.63, 3.8) is 0 Å². The first kappa shape index (κ1) is 28.4. The zero-order chi connectivity index (χ0) is 29.9. The molecule has 3 heterocycles. The van der Waals surface area contributed by atoms with Crippen LogP contribution in [0.4, 0.5) is 22.4 Å².